The van der Waals surface area contributed by atoms with Gasteiger partial charge >= 0.3 is 0 Å². The summed E-state index contributed by atoms with van der Waals surface area (Å²) in [5.41, 5.74) is 1.74. The van der Waals surface area contributed by atoms with Crippen molar-refractivity contribution in [2.75, 3.05) is 11.9 Å². The molecule has 1 atom stereocenters. The Labute approximate surface area is 125 Å². The monoisotopic (exact) mass is 373 g/mol. The molecule has 0 aliphatic heterocycles. The van der Waals surface area contributed by atoms with Crippen LogP contribution in [0, 0.1) is 3.57 Å². The van der Waals surface area contributed by atoms with Crippen LogP contribution in [0.25, 0.3) is 0 Å². The molecule has 2 nitrogen and oxygen atoms in total. The highest BCUT2D eigenvalue weighted by atomic mass is 127. The van der Waals surface area contributed by atoms with Gasteiger partial charge in [0.1, 0.15) is 0 Å². The van der Waals surface area contributed by atoms with Gasteiger partial charge in [0.15, 0.2) is 0 Å². The third kappa shape index (κ3) is 3.60. The summed E-state index contributed by atoms with van der Waals surface area (Å²) in [6.45, 7) is 0.434. The summed E-state index contributed by atoms with van der Waals surface area (Å²) in [4.78, 5) is 0. The van der Waals surface area contributed by atoms with Crippen LogP contribution in [-0.4, -0.2) is 11.7 Å². The lowest BCUT2D eigenvalue weighted by atomic mass is 10.1. The first-order chi connectivity index (χ1) is 8.66. The zero-order valence-electron chi connectivity index (χ0n) is 9.61. The van der Waals surface area contributed by atoms with Crippen molar-refractivity contribution in [1.82, 2.24) is 0 Å². The molecule has 2 N–H and O–H groups in total. The zero-order valence-corrected chi connectivity index (χ0v) is 12.5. The van der Waals surface area contributed by atoms with Gasteiger partial charge in [0.2, 0.25) is 0 Å². The first-order valence-electron chi connectivity index (χ1n) is 5.59. The third-order valence-electron chi connectivity index (χ3n) is 2.59. The lowest BCUT2D eigenvalue weighted by Gasteiger charge is -2.14. The van der Waals surface area contributed by atoms with E-state index in [0.717, 1.165) is 14.8 Å². The molecule has 0 aromatic heterocycles. The zero-order chi connectivity index (χ0) is 13.0. The highest BCUT2D eigenvalue weighted by Crippen LogP contribution is 2.23. The molecule has 0 spiro atoms. The lowest BCUT2D eigenvalue weighted by Crippen LogP contribution is -2.12. The van der Waals surface area contributed by atoms with Gasteiger partial charge in [-0.1, -0.05) is 35.9 Å². The van der Waals surface area contributed by atoms with E-state index in [9.17, 15) is 5.11 Å². The van der Waals surface area contributed by atoms with Crippen molar-refractivity contribution < 1.29 is 5.11 Å². The van der Waals surface area contributed by atoms with Crippen molar-refractivity contribution >= 4 is 39.9 Å². The Balaban J connectivity index is 2.00. The van der Waals surface area contributed by atoms with Crippen molar-refractivity contribution in [3.05, 3.63) is 62.7 Å². The number of hydrogen-bond acceptors (Lipinski definition) is 2. The molecular formula is C14H13ClINO. The summed E-state index contributed by atoms with van der Waals surface area (Å²) in [5.74, 6) is 0. The normalized spacial score (nSPS) is 12.2. The average Bonchev–Trinajstić information content (AvgIpc) is 2.37. The average molecular weight is 374 g/mol. The number of halogens is 2. The molecule has 0 bridgehead atoms. The molecule has 0 radical (unpaired) electrons. The van der Waals surface area contributed by atoms with Gasteiger partial charge in [0.25, 0.3) is 0 Å². The number of rotatable bonds is 4. The van der Waals surface area contributed by atoms with Crippen LogP contribution in [0.15, 0.2) is 48.5 Å². The van der Waals surface area contributed by atoms with Gasteiger partial charge in [-0.25, -0.2) is 0 Å². The molecule has 0 fully saturated rings. The van der Waals surface area contributed by atoms with Crippen LogP contribution in [-0.2, 0) is 0 Å². The van der Waals surface area contributed by atoms with Gasteiger partial charge in [-0.2, -0.15) is 0 Å². The first-order valence-corrected chi connectivity index (χ1v) is 7.04. The second-order valence-corrected chi connectivity index (χ2v) is 5.58. The topological polar surface area (TPSA) is 32.3 Å². The fraction of sp³-hybridized carbons (Fsp3) is 0.143. The summed E-state index contributed by atoms with van der Waals surface area (Å²) in [7, 11) is 0. The minimum absolute atomic E-state index is 0.434. The molecule has 2 aromatic rings. The standard InChI is InChI=1S/C14H13ClINO/c15-13-7-2-1-6-12(13)14(18)9-17-11-5-3-4-10(16)8-11/h1-8,14,17-18H,9H2. The molecule has 0 aliphatic carbocycles. The van der Waals surface area contributed by atoms with Crippen LogP contribution in [0.5, 0.6) is 0 Å². The smallest absolute Gasteiger partial charge is 0.0976 e. The van der Waals surface area contributed by atoms with Gasteiger partial charge in [0, 0.05) is 26.4 Å². The van der Waals surface area contributed by atoms with E-state index in [1.807, 2.05) is 42.5 Å². The van der Waals surface area contributed by atoms with Crippen molar-refractivity contribution in [1.29, 1.82) is 0 Å². The van der Waals surface area contributed by atoms with Crippen molar-refractivity contribution in [3.8, 4) is 0 Å². The van der Waals surface area contributed by atoms with Crippen molar-refractivity contribution in [2.24, 2.45) is 0 Å². The number of aliphatic hydroxyl groups is 1. The van der Waals surface area contributed by atoms with E-state index >= 15 is 0 Å². The maximum Gasteiger partial charge on any atom is 0.0976 e. The van der Waals surface area contributed by atoms with E-state index in [1.165, 1.54) is 0 Å². The quantitative estimate of drug-likeness (QED) is 0.791. The van der Waals surface area contributed by atoms with Gasteiger partial charge < -0.3 is 10.4 Å². The summed E-state index contributed by atoms with van der Waals surface area (Å²) in [6.07, 6.45) is -0.614. The molecule has 2 aromatic carbocycles. The van der Waals surface area contributed by atoms with Crippen molar-refractivity contribution in [2.45, 2.75) is 6.10 Å². The summed E-state index contributed by atoms with van der Waals surface area (Å²) in [5, 5.41) is 13.9. The lowest BCUT2D eigenvalue weighted by molar-refractivity contribution is 0.192. The number of aliphatic hydroxyl groups excluding tert-OH is 1. The molecule has 0 saturated carbocycles. The molecule has 2 rings (SSSR count). The minimum Gasteiger partial charge on any atom is -0.387 e. The number of anilines is 1. The fourth-order valence-corrected chi connectivity index (χ4v) is 2.47. The Morgan fingerprint density at radius 2 is 1.94 bits per heavy atom. The SMILES string of the molecule is OC(CNc1cccc(I)c1)c1ccccc1Cl. The van der Waals surface area contributed by atoms with E-state index < -0.39 is 6.10 Å². The van der Waals surface area contributed by atoms with Crippen LogP contribution in [0.1, 0.15) is 11.7 Å². The van der Waals surface area contributed by atoms with Crippen LogP contribution in [0.4, 0.5) is 5.69 Å². The molecule has 0 amide bonds. The molecule has 18 heavy (non-hydrogen) atoms. The van der Waals surface area contributed by atoms with E-state index in [0.29, 0.717) is 11.6 Å². The Morgan fingerprint density at radius 1 is 1.17 bits per heavy atom. The molecule has 1 unspecified atom stereocenters. The molecule has 4 heteroatoms. The van der Waals surface area contributed by atoms with E-state index in [1.54, 1.807) is 6.07 Å². The summed E-state index contributed by atoms with van der Waals surface area (Å²) in [6, 6.07) is 15.3. The van der Waals surface area contributed by atoms with Gasteiger partial charge in [-0.3, -0.25) is 0 Å². The summed E-state index contributed by atoms with van der Waals surface area (Å²) < 4.78 is 1.16. The van der Waals surface area contributed by atoms with Crippen molar-refractivity contribution in [3.63, 3.8) is 0 Å². The fourth-order valence-electron chi connectivity index (χ4n) is 1.67. The van der Waals surface area contributed by atoms with E-state index in [4.69, 9.17) is 11.6 Å². The van der Waals surface area contributed by atoms with Gasteiger partial charge in [-0.05, 0) is 46.9 Å². The van der Waals surface area contributed by atoms with Gasteiger partial charge in [0.05, 0.1) is 6.10 Å². The Kier molecular flexibility index (Phi) is 4.86. The Bertz CT molecular complexity index is 533. The second kappa shape index (κ2) is 6.41. The molecule has 0 saturated heterocycles. The maximum atomic E-state index is 10.1. The maximum absolute atomic E-state index is 10.1. The number of benzene rings is 2. The van der Waals surface area contributed by atoms with Crippen LogP contribution in [0.2, 0.25) is 5.02 Å². The second-order valence-electron chi connectivity index (χ2n) is 3.93. The van der Waals surface area contributed by atoms with Crippen LogP contribution < -0.4 is 5.32 Å². The minimum atomic E-state index is -0.614. The predicted octanol–water partition coefficient (Wildman–Crippen LogP) is 4.09. The van der Waals surface area contributed by atoms with Gasteiger partial charge in [-0.15, -0.1) is 0 Å². The van der Waals surface area contributed by atoms with E-state index in [2.05, 4.69) is 27.9 Å². The summed E-state index contributed by atoms with van der Waals surface area (Å²) >= 11 is 8.29. The number of nitrogens with one attached hydrogen (secondary N) is 1. The third-order valence-corrected chi connectivity index (χ3v) is 3.60. The van der Waals surface area contributed by atoms with E-state index in [-0.39, 0.29) is 0 Å². The largest absolute Gasteiger partial charge is 0.387 e. The predicted molar refractivity (Wildman–Crippen MR) is 84.1 cm³/mol. The molecule has 0 heterocycles. The molecule has 0 aliphatic rings. The molecular weight excluding hydrogens is 361 g/mol. The highest BCUT2D eigenvalue weighted by Gasteiger charge is 2.10. The number of hydrogen-bond donors (Lipinski definition) is 2. The van der Waals surface area contributed by atoms with Crippen LogP contribution in [0.3, 0.4) is 0 Å². The Morgan fingerprint density at radius 3 is 2.67 bits per heavy atom. The Hall–Kier alpha value is -0.780. The first kappa shape index (κ1) is 13.6. The van der Waals surface area contributed by atoms with Crippen LogP contribution >= 0.6 is 34.2 Å². The molecule has 94 valence electrons. The highest BCUT2D eigenvalue weighted by molar-refractivity contribution is 14.1.